The van der Waals surface area contributed by atoms with Gasteiger partial charge in [0, 0.05) is 38.9 Å². The quantitative estimate of drug-likeness (QED) is 0.141. The molecule has 2 N–H and O–H groups in total. The Hall–Kier alpha value is -4.74. The molecule has 0 unspecified atom stereocenters. The molecule has 228 valence electrons. The second-order valence-corrected chi connectivity index (χ2v) is 10.5. The lowest BCUT2D eigenvalue weighted by atomic mass is 10.00. The van der Waals surface area contributed by atoms with Crippen LogP contribution in [0.5, 0.6) is 0 Å². The zero-order valence-electron chi connectivity index (χ0n) is 25.3. The summed E-state index contributed by atoms with van der Waals surface area (Å²) in [5.41, 5.74) is 6.62. The van der Waals surface area contributed by atoms with Crippen molar-refractivity contribution in [2.75, 3.05) is 38.1 Å². The number of nitrogens with zero attached hydrogens (tertiary/aromatic N) is 7. The van der Waals surface area contributed by atoms with E-state index < -0.39 is 22.9 Å². The summed E-state index contributed by atoms with van der Waals surface area (Å²) < 4.78 is 30.7. The molecule has 10 nitrogen and oxygen atoms in total. The van der Waals surface area contributed by atoms with Crippen molar-refractivity contribution in [2.45, 2.75) is 39.5 Å². The van der Waals surface area contributed by atoms with Gasteiger partial charge in [-0.15, -0.1) is 0 Å². The normalized spacial score (nSPS) is 14.5. The summed E-state index contributed by atoms with van der Waals surface area (Å²) >= 11 is 0. The molecule has 1 saturated heterocycles. The first-order valence-electron chi connectivity index (χ1n) is 13.8. The minimum Gasteiger partial charge on any atom is -0.398 e. The number of aliphatic imine (C=N–C) groups is 1. The van der Waals surface area contributed by atoms with Crippen LogP contribution in [0.15, 0.2) is 60.8 Å². The van der Waals surface area contributed by atoms with E-state index in [4.69, 9.17) is 5.73 Å². The number of pyridine rings is 1. The van der Waals surface area contributed by atoms with Crippen molar-refractivity contribution < 1.29 is 18.4 Å². The first-order valence-corrected chi connectivity index (χ1v) is 13.8. The van der Waals surface area contributed by atoms with Crippen molar-refractivity contribution >= 4 is 35.2 Å². The Bertz CT molecular complexity index is 1460. The minimum absolute atomic E-state index is 0.0363. The fourth-order valence-electron chi connectivity index (χ4n) is 4.93. The third kappa shape index (κ3) is 6.68. The zero-order valence-corrected chi connectivity index (χ0v) is 25.3. The molecule has 0 saturated carbocycles. The molecule has 3 rings (SSSR count). The third-order valence-corrected chi connectivity index (χ3v) is 7.04. The highest BCUT2D eigenvalue weighted by molar-refractivity contribution is 6.06. The summed E-state index contributed by atoms with van der Waals surface area (Å²) in [7, 11) is 1.53. The van der Waals surface area contributed by atoms with E-state index in [1.807, 2.05) is 32.6 Å². The van der Waals surface area contributed by atoms with E-state index in [1.54, 1.807) is 4.90 Å². The molecule has 1 aliphatic heterocycles. The smallest absolute Gasteiger partial charge is 0.246 e. The van der Waals surface area contributed by atoms with Crippen LogP contribution in [-0.2, 0) is 9.59 Å². The molecule has 43 heavy (non-hydrogen) atoms. The van der Waals surface area contributed by atoms with Gasteiger partial charge in [0.25, 0.3) is 0 Å². The van der Waals surface area contributed by atoms with E-state index in [-0.39, 0.29) is 34.8 Å². The molecule has 3 heterocycles. The van der Waals surface area contributed by atoms with Crippen molar-refractivity contribution in [3.63, 3.8) is 0 Å². The summed E-state index contributed by atoms with van der Waals surface area (Å²) in [5, 5.41) is 0. The number of anilines is 2. The van der Waals surface area contributed by atoms with Crippen LogP contribution in [0.4, 0.5) is 20.3 Å². The zero-order chi connectivity index (χ0) is 32.0. The number of aromatic nitrogens is 3. The molecule has 2 aromatic rings. The number of carbonyl (C=O) groups is 2. The summed E-state index contributed by atoms with van der Waals surface area (Å²) in [4.78, 5) is 47.8. The molecule has 1 fully saturated rings. The van der Waals surface area contributed by atoms with Gasteiger partial charge in [-0.3, -0.25) is 19.5 Å². The number of rotatable bonds is 10. The van der Waals surface area contributed by atoms with E-state index in [0.717, 1.165) is 12.1 Å². The van der Waals surface area contributed by atoms with E-state index in [0.29, 0.717) is 55.5 Å². The maximum absolute atomic E-state index is 15.9. The molecule has 0 bridgehead atoms. The average Bonchev–Trinajstić information content (AvgIpc) is 2.99. The van der Waals surface area contributed by atoms with Crippen LogP contribution in [-0.4, -0.2) is 76.1 Å². The summed E-state index contributed by atoms with van der Waals surface area (Å²) in [6.45, 7) is 19.6. The van der Waals surface area contributed by atoms with Crippen molar-refractivity contribution in [1.29, 1.82) is 0 Å². The van der Waals surface area contributed by atoms with Gasteiger partial charge < -0.3 is 15.5 Å². The maximum Gasteiger partial charge on any atom is 0.246 e. The third-order valence-electron chi connectivity index (χ3n) is 7.04. The van der Waals surface area contributed by atoms with Gasteiger partial charge in [-0.1, -0.05) is 47.4 Å². The largest absolute Gasteiger partial charge is 0.398 e. The lowest BCUT2D eigenvalue weighted by Gasteiger charge is -2.37. The van der Waals surface area contributed by atoms with Gasteiger partial charge in [0.15, 0.2) is 11.6 Å². The number of hydrogen-bond donors (Lipinski definition) is 1. The van der Waals surface area contributed by atoms with Crippen LogP contribution in [0.3, 0.4) is 0 Å². The molecule has 12 heteroatoms. The number of nitrogens with two attached hydrogens (primary N) is 1. The van der Waals surface area contributed by atoms with Gasteiger partial charge in [-0.05, 0) is 30.1 Å². The Kier molecular flexibility index (Phi) is 10.6. The second-order valence-electron chi connectivity index (χ2n) is 10.5. The first-order chi connectivity index (χ1) is 20.4. The summed E-state index contributed by atoms with van der Waals surface area (Å²) in [6.07, 6.45) is 4.39. The monoisotopic (exact) mass is 592 g/mol. The highest BCUT2D eigenvalue weighted by Gasteiger charge is 2.32. The van der Waals surface area contributed by atoms with Crippen LogP contribution < -0.4 is 10.6 Å². The maximum atomic E-state index is 15.9. The molecule has 2 amide bonds. The van der Waals surface area contributed by atoms with Crippen LogP contribution in [0.2, 0.25) is 0 Å². The summed E-state index contributed by atoms with van der Waals surface area (Å²) in [5.74, 6) is -2.12. The van der Waals surface area contributed by atoms with Gasteiger partial charge >= 0.3 is 0 Å². The predicted octanol–water partition coefficient (Wildman–Crippen LogP) is 4.60. The van der Waals surface area contributed by atoms with Crippen LogP contribution >= 0.6 is 0 Å². The van der Waals surface area contributed by atoms with Crippen LogP contribution in [0.25, 0.3) is 5.57 Å². The number of amides is 2. The molecule has 0 aliphatic carbocycles. The Labute approximate surface area is 251 Å². The molecule has 0 atom stereocenters. The predicted molar refractivity (Wildman–Crippen MR) is 165 cm³/mol. The fraction of sp³-hybridized carbons (Fsp3) is 0.355. The van der Waals surface area contributed by atoms with E-state index in [2.05, 4.69) is 39.7 Å². The molecule has 1 aliphatic rings. The van der Waals surface area contributed by atoms with Crippen LogP contribution in [0.1, 0.15) is 62.2 Å². The van der Waals surface area contributed by atoms with Crippen LogP contribution in [0, 0.1) is 5.82 Å². The Morgan fingerprint density at radius 2 is 1.63 bits per heavy atom. The lowest BCUT2D eigenvalue weighted by Crippen LogP contribution is -2.50. The topological polar surface area (TPSA) is 121 Å². The first kappa shape index (κ1) is 32.8. The fourth-order valence-corrected chi connectivity index (χ4v) is 4.93. The number of amidine groups is 1. The summed E-state index contributed by atoms with van der Waals surface area (Å²) in [6, 6.07) is 1.14. The molecular weight excluding hydrogens is 554 g/mol. The molecule has 2 aromatic heterocycles. The van der Waals surface area contributed by atoms with E-state index in [9.17, 15) is 14.0 Å². The number of allylic oxidation sites excluding steroid dienone is 3. The number of carbonyl (C=O) groups excluding carboxylic acids is 2. The van der Waals surface area contributed by atoms with Crippen molar-refractivity contribution in [3.8, 4) is 0 Å². The number of piperazine rings is 1. The van der Waals surface area contributed by atoms with E-state index >= 15 is 4.39 Å². The Morgan fingerprint density at radius 1 is 1.07 bits per heavy atom. The molecular formula is C31H38F2N8O2. The number of halogens is 2. The van der Waals surface area contributed by atoms with Gasteiger partial charge in [0.05, 0.1) is 28.2 Å². The average molecular weight is 593 g/mol. The van der Waals surface area contributed by atoms with Gasteiger partial charge in [0.1, 0.15) is 23.7 Å². The Balaban J connectivity index is 2.38. The van der Waals surface area contributed by atoms with Crippen molar-refractivity contribution in [1.82, 2.24) is 24.8 Å². The second kappa shape index (κ2) is 14.0. The molecule has 0 radical (unpaired) electrons. The Morgan fingerprint density at radius 3 is 2.07 bits per heavy atom. The number of hydrogen-bond acceptors (Lipinski definition) is 7. The molecule has 0 aromatic carbocycles. The van der Waals surface area contributed by atoms with Gasteiger partial charge in [0.2, 0.25) is 12.3 Å². The van der Waals surface area contributed by atoms with Gasteiger partial charge in [-0.25, -0.2) is 23.7 Å². The highest BCUT2D eigenvalue weighted by atomic mass is 19.1. The highest BCUT2D eigenvalue weighted by Crippen LogP contribution is 2.39. The molecule has 0 spiro atoms. The standard InChI is InChI=1S/C31H38F2N8O2/c1-9-23(34)25(20(7)32)28-22(33)15-21(30(35-8)40-13-11-39(12-14-40)24(43)10-2)31(38-28)41(17-42)29-26(18(3)4)36-16-37-27(29)19(5)6/h9-10,15-19H,1-2,7,11-14,34H2,3-6,8H3/b25-23-,35-30?. The SMILES string of the molecule is C=CC(=O)N1CCN(C(=NC)c2cc(F)c(/C(C(=C)F)=C(\N)C=C)nc2N(C=O)c2c(C(C)C)ncnc2C(C)C)CC1. The minimum atomic E-state index is -1.03. The van der Waals surface area contributed by atoms with Gasteiger partial charge in [-0.2, -0.15) is 0 Å². The lowest BCUT2D eigenvalue weighted by molar-refractivity contribution is -0.127. The van der Waals surface area contributed by atoms with Crippen molar-refractivity contribution in [3.05, 3.63) is 84.3 Å². The van der Waals surface area contributed by atoms with E-state index in [1.165, 1.54) is 24.4 Å². The van der Waals surface area contributed by atoms with Crippen molar-refractivity contribution in [2.24, 2.45) is 10.7 Å².